The SMILES string of the molecule is CCCCCSCC(NC)c1ccc(C)cc1. The van der Waals surface area contributed by atoms with E-state index >= 15 is 0 Å². The van der Waals surface area contributed by atoms with Gasteiger partial charge in [0.1, 0.15) is 0 Å². The lowest BCUT2D eigenvalue weighted by molar-refractivity contribution is 0.661. The maximum atomic E-state index is 3.41. The Bertz CT molecular complexity index is 294. The normalized spacial score (nSPS) is 12.6. The first kappa shape index (κ1) is 14.6. The molecule has 1 N–H and O–H groups in total. The second-order valence-electron chi connectivity index (χ2n) is 4.53. The number of benzene rings is 1. The zero-order chi connectivity index (χ0) is 12.5. The van der Waals surface area contributed by atoms with Crippen molar-refractivity contribution in [2.75, 3.05) is 18.6 Å². The standard InChI is InChI=1S/C15H25NS/c1-4-5-6-11-17-12-15(16-3)14-9-7-13(2)8-10-14/h7-10,15-16H,4-6,11-12H2,1-3H3. The van der Waals surface area contributed by atoms with Crippen molar-refractivity contribution in [3.05, 3.63) is 35.4 Å². The van der Waals surface area contributed by atoms with E-state index in [4.69, 9.17) is 0 Å². The second kappa shape index (κ2) is 8.60. The van der Waals surface area contributed by atoms with Crippen molar-refractivity contribution in [2.45, 2.75) is 39.2 Å². The van der Waals surface area contributed by atoms with E-state index in [1.54, 1.807) is 0 Å². The second-order valence-corrected chi connectivity index (χ2v) is 5.68. The minimum absolute atomic E-state index is 0.488. The summed E-state index contributed by atoms with van der Waals surface area (Å²) >= 11 is 2.06. The highest BCUT2D eigenvalue weighted by atomic mass is 32.2. The molecule has 0 aliphatic rings. The molecule has 0 spiro atoms. The van der Waals surface area contributed by atoms with Crippen molar-refractivity contribution in [3.8, 4) is 0 Å². The van der Waals surface area contributed by atoms with Crippen LogP contribution in [-0.2, 0) is 0 Å². The highest BCUT2D eigenvalue weighted by Crippen LogP contribution is 2.19. The summed E-state index contributed by atoms with van der Waals surface area (Å²) in [5.74, 6) is 2.46. The van der Waals surface area contributed by atoms with E-state index in [9.17, 15) is 0 Å². The molecule has 1 atom stereocenters. The van der Waals surface area contributed by atoms with Crippen LogP contribution in [0.25, 0.3) is 0 Å². The smallest absolute Gasteiger partial charge is 0.0409 e. The van der Waals surface area contributed by atoms with E-state index in [0.29, 0.717) is 6.04 Å². The molecule has 0 saturated heterocycles. The molecule has 0 bridgehead atoms. The Hall–Kier alpha value is -0.470. The lowest BCUT2D eigenvalue weighted by Crippen LogP contribution is -2.18. The molecule has 1 aromatic carbocycles. The van der Waals surface area contributed by atoms with Crippen LogP contribution in [0.1, 0.15) is 43.4 Å². The van der Waals surface area contributed by atoms with Crippen molar-refractivity contribution in [1.82, 2.24) is 5.32 Å². The third kappa shape index (κ3) is 5.60. The minimum atomic E-state index is 0.488. The summed E-state index contributed by atoms with van der Waals surface area (Å²) in [6.45, 7) is 4.39. The molecule has 1 aromatic rings. The van der Waals surface area contributed by atoms with Gasteiger partial charge in [-0.1, -0.05) is 49.6 Å². The lowest BCUT2D eigenvalue weighted by Gasteiger charge is -2.16. The van der Waals surface area contributed by atoms with Crippen LogP contribution in [0.5, 0.6) is 0 Å². The first-order valence-electron chi connectivity index (χ1n) is 6.59. The Morgan fingerprint density at radius 2 is 1.88 bits per heavy atom. The van der Waals surface area contributed by atoms with Gasteiger partial charge in [0, 0.05) is 11.8 Å². The Kier molecular flexibility index (Phi) is 7.38. The van der Waals surface area contributed by atoms with E-state index in [2.05, 4.69) is 62.2 Å². The summed E-state index contributed by atoms with van der Waals surface area (Å²) in [7, 11) is 2.05. The topological polar surface area (TPSA) is 12.0 Å². The van der Waals surface area contributed by atoms with Crippen LogP contribution in [0, 0.1) is 6.92 Å². The summed E-state index contributed by atoms with van der Waals surface area (Å²) in [6.07, 6.45) is 4.03. The molecule has 17 heavy (non-hydrogen) atoms. The van der Waals surface area contributed by atoms with E-state index in [0.717, 1.165) is 0 Å². The molecule has 1 rings (SSSR count). The predicted octanol–water partition coefficient (Wildman–Crippen LogP) is 4.18. The van der Waals surface area contributed by atoms with Gasteiger partial charge in [0.15, 0.2) is 0 Å². The minimum Gasteiger partial charge on any atom is -0.312 e. The third-order valence-corrected chi connectivity index (χ3v) is 4.15. The van der Waals surface area contributed by atoms with Gasteiger partial charge in [0.2, 0.25) is 0 Å². The van der Waals surface area contributed by atoms with Crippen LogP contribution in [-0.4, -0.2) is 18.6 Å². The number of rotatable bonds is 8. The number of nitrogens with one attached hydrogen (secondary N) is 1. The quantitative estimate of drug-likeness (QED) is 0.696. The molecule has 1 unspecified atom stereocenters. The average molecular weight is 251 g/mol. The molecule has 0 radical (unpaired) electrons. The monoisotopic (exact) mass is 251 g/mol. The van der Waals surface area contributed by atoms with Crippen molar-refractivity contribution in [2.24, 2.45) is 0 Å². The first-order chi connectivity index (χ1) is 8.27. The Labute approximate surface area is 110 Å². The lowest BCUT2D eigenvalue weighted by atomic mass is 10.1. The van der Waals surface area contributed by atoms with Crippen molar-refractivity contribution < 1.29 is 0 Å². The van der Waals surface area contributed by atoms with Crippen molar-refractivity contribution in [3.63, 3.8) is 0 Å². The molecule has 0 heterocycles. The van der Waals surface area contributed by atoms with Crippen LogP contribution in [0.15, 0.2) is 24.3 Å². The van der Waals surface area contributed by atoms with Gasteiger partial charge in [-0.2, -0.15) is 11.8 Å². The van der Waals surface area contributed by atoms with Gasteiger partial charge < -0.3 is 5.32 Å². The van der Waals surface area contributed by atoms with E-state index in [1.807, 2.05) is 0 Å². The van der Waals surface area contributed by atoms with Crippen LogP contribution >= 0.6 is 11.8 Å². The molecule has 0 amide bonds. The Morgan fingerprint density at radius 1 is 1.18 bits per heavy atom. The number of thioether (sulfide) groups is 1. The molecular weight excluding hydrogens is 226 g/mol. The summed E-state index contributed by atoms with van der Waals surface area (Å²) in [6, 6.07) is 9.36. The number of hydrogen-bond acceptors (Lipinski definition) is 2. The molecular formula is C15H25NS. The van der Waals surface area contributed by atoms with Gasteiger partial charge in [-0.15, -0.1) is 0 Å². The van der Waals surface area contributed by atoms with Gasteiger partial charge in [-0.25, -0.2) is 0 Å². The van der Waals surface area contributed by atoms with Gasteiger partial charge >= 0.3 is 0 Å². The number of hydrogen-bond donors (Lipinski definition) is 1. The first-order valence-corrected chi connectivity index (χ1v) is 7.75. The molecule has 0 aromatic heterocycles. The van der Waals surface area contributed by atoms with Crippen molar-refractivity contribution >= 4 is 11.8 Å². The van der Waals surface area contributed by atoms with Gasteiger partial charge in [0.05, 0.1) is 0 Å². The molecule has 0 fully saturated rings. The largest absolute Gasteiger partial charge is 0.312 e. The maximum Gasteiger partial charge on any atom is 0.0409 e. The van der Waals surface area contributed by atoms with Gasteiger partial charge in [-0.3, -0.25) is 0 Å². The van der Waals surface area contributed by atoms with Gasteiger partial charge in [-0.05, 0) is 31.7 Å². The fourth-order valence-electron chi connectivity index (χ4n) is 1.80. The highest BCUT2D eigenvalue weighted by Gasteiger charge is 2.08. The molecule has 0 saturated carbocycles. The van der Waals surface area contributed by atoms with Crippen LogP contribution in [0.4, 0.5) is 0 Å². The van der Waals surface area contributed by atoms with E-state index < -0.39 is 0 Å². The van der Waals surface area contributed by atoms with Crippen molar-refractivity contribution in [1.29, 1.82) is 0 Å². The number of aryl methyl sites for hydroxylation is 1. The van der Waals surface area contributed by atoms with E-state index in [1.165, 1.54) is 41.9 Å². The third-order valence-electron chi connectivity index (χ3n) is 3.00. The highest BCUT2D eigenvalue weighted by molar-refractivity contribution is 7.99. The van der Waals surface area contributed by atoms with Crippen LogP contribution in [0.2, 0.25) is 0 Å². The fraction of sp³-hybridized carbons (Fsp3) is 0.600. The molecule has 1 nitrogen and oxygen atoms in total. The maximum absolute atomic E-state index is 3.41. The van der Waals surface area contributed by atoms with Crippen LogP contribution < -0.4 is 5.32 Å². The molecule has 96 valence electrons. The average Bonchev–Trinajstić information content (AvgIpc) is 2.35. The zero-order valence-electron chi connectivity index (χ0n) is 11.3. The summed E-state index contributed by atoms with van der Waals surface area (Å²) in [4.78, 5) is 0. The molecule has 0 aliphatic carbocycles. The zero-order valence-corrected chi connectivity index (χ0v) is 12.1. The Balaban J connectivity index is 2.35. The fourth-order valence-corrected chi connectivity index (χ4v) is 2.97. The molecule has 0 aliphatic heterocycles. The van der Waals surface area contributed by atoms with Crippen LogP contribution in [0.3, 0.4) is 0 Å². The summed E-state index contributed by atoms with van der Waals surface area (Å²) < 4.78 is 0. The molecule has 2 heteroatoms. The Morgan fingerprint density at radius 3 is 2.47 bits per heavy atom. The number of unbranched alkanes of at least 4 members (excludes halogenated alkanes) is 2. The van der Waals surface area contributed by atoms with E-state index in [-0.39, 0.29) is 0 Å². The summed E-state index contributed by atoms with van der Waals surface area (Å²) in [5, 5.41) is 3.41. The van der Waals surface area contributed by atoms with Gasteiger partial charge in [0.25, 0.3) is 0 Å². The summed E-state index contributed by atoms with van der Waals surface area (Å²) in [5.41, 5.74) is 2.74. The predicted molar refractivity (Wildman–Crippen MR) is 79.8 cm³/mol.